The minimum Gasteiger partial charge on any atom is -0.451 e. The maximum absolute atomic E-state index is 13.4. The third-order valence-corrected chi connectivity index (χ3v) is 5.24. The third-order valence-electron chi connectivity index (χ3n) is 4.46. The zero-order chi connectivity index (χ0) is 22.7. The Morgan fingerprint density at radius 3 is 2.28 bits per heavy atom. The molecule has 0 atom stereocenters. The second-order valence-corrected chi connectivity index (χ2v) is 8.01. The van der Waals surface area contributed by atoms with Crippen molar-refractivity contribution in [1.29, 1.82) is 0 Å². The van der Waals surface area contributed by atoms with Gasteiger partial charge in [-0.05, 0) is 72.8 Å². The molecule has 4 rings (SSSR count). The van der Waals surface area contributed by atoms with Crippen LogP contribution < -0.4 is 0 Å². The Balaban J connectivity index is 1.60. The van der Waals surface area contributed by atoms with Gasteiger partial charge in [0, 0.05) is 20.6 Å². The standard InChI is InChI=1S/C23H14BrClFN3O3/c24-16-5-11-19(12-6-16)29-22(15-3-9-18(26)10-4-15)27-21(28-29)23(31)32-13-20(30)14-1-7-17(25)8-2-14/h1-12H,13H2. The van der Waals surface area contributed by atoms with Crippen LogP contribution in [0.4, 0.5) is 4.39 Å². The number of rotatable bonds is 6. The number of carbonyl (C=O) groups is 2. The van der Waals surface area contributed by atoms with E-state index >= 15 is 0 Å². The van der Waals surface area contributed by atoms with Crippen molar-refractivity contribution >= 4 is 39.3 Å². The quantitative estimate of drug-likeness (QED) is 0.250. The van der Waals surface area contributed by atoms with E-state index in [0.29, 0.717) is 27.7 Å². The van der Waals surface area contributed by atoms with Crippen LogP contribution in [0, 0.1) is 5.82 Å². The van der Waals surface area contributed by atoms with Crippen molar-refractivity contribution in [3.8, 4) is 17.1 Å². The van der Waals surface area contributed by atoms with E-state index in [1.54, 1.807) is 36.4 Å². The van der Waals surface area contributed by atoms with Gasteiger partial charge in [0.15, 0.2) is 18.2 Å². The summed E-state index contributed by atoms with van der Waals surface area (Å²) in [4.78, 5) is 29.1. The molecular formula is C23H14BrClFN3O3. The van der Waals surface area contributed by atoms with Crippen molar-refractivity contribution < 1.29 is 18.7 Å². The number of halogens is 3. The van der Waals surface area contributed by atoms with Crippen LogP contribution in [0.1, 0.15) is 21.0 Å². The van der Waals surface area contributed by atoms with Crippen molar-refractivity contribution in [2.45, 2.75) is 0 Å². The second-order valence-electron chi connectivity index (χ2n) is 6.66. The van der Waals surface area contributed by atoms with Gasteiger partial charge in [-0.3, -0.25) is 4.79 Å². The first-order chi connectivity index (χ1) is 15.4. The van der Waals surface area contributed by atoms with Crippen LogP contribution in [0.3, 0.4) is 0 Å². The number of aromatic nitrogens is 3. The molecule has 0 aliphatic rings. The fraction of sp³-hybridized carbons (Fsp3) is 0.0435. The number of nitrogens with zero attached hydrogens (tertiary/aromatic N) is 3. The molecule has 9 heteroatoms. The Morgan fingerprint density at radius 2 is 1.62 bits per heavy atom. The summed E-state index contributed by atoms with van der Waals surface area (Å²) in [6, 6.07) is 19.1. The third kappa shape index (κ3) is 4.92. The van der Waals surface area contributed by atoms with Gasteiger partial charge in [0.25, 0.3) is 5.82 Å². The zero-order valence-corrected chi connectivity index (χ0v) is 18.7. The topological polar surface area (TPSA) is 74.1 Å². The zero-order valence-electron chi connectivity index (χ0n) is 16.3. The molecule has 0 bridgehead atoms. The SMILES string of the molecule is O=C(COC(=O)c1nc(-c2ccc(F)cc2)n(-c2ccc(Br)cc2)n1)c1ccc(Cl)cc1. The summed E-state index contributed by atoms with van der Waals surface area (Å²) < 4.78 is 20.8. The van der Waals surface area contributed by atoms with Gasteiger partial charge in [0.1, 0.15) is 5.82 Å². The van der Waals surface area contributed by atoms with Crippen LogP contribution >= 0.6 is 27.5 Å². The van der Waals surface area contributed by atoms with E-state index < -0.39 is 18.4 Å². The number of carbonyl (C=O) groups excluding carboxylic acids is 2. The first kappa shape index (κ1) is 21.9. The molecule has 3 aromatic carbocycles. The average Bonchev–Trinajstić information content (AvgIpc) is 3.24. The molecule has 0 saturated carbocycles. The Kier molecular flexibility index (Phi) is 6.43. The van der Waals surface area contributed by atoms with E-state index in [1.807, 2.05) is 12.1 Å². The minimum absolute atomic E-state index is 0.226. The fourth-order valence-electron chi connectivity index (χ4n) is 2.86. The molecule has 0 saturated heterocycles. The summed E-state index contributed by atoms with van der Waals surface area (Å²) in [5.41, 5.74) is 1.55. The fourth-order valence-corrected chi connectivity index (χ4v) is 3.25. The van der Waals surface area contributed by atoms with E-state index in [0.717, 1.165) is 4.47 Å². The Hall–Kier alpha value is -3.36. The lowest BCUT2D eigenvalue weighted by molar-refractivity contribution is 0.0462. The molecular weight excluding hydrogens is 501 g/mol. The van der Waals surface area contributed by atoms with Gasteiger partial charge in [0.05, 0.1) is 5.69 Å². The maximum Gasteiger partial charge on any atom is 0.378 e. The number of hydrogen-bond acceptors (Lipinski definition) is 5. The van der Waals surface area contributed by atoms with Crippen molar-refractivity contribution in [2.24, 2.45) is 0 Å². The number of benzene rings is 3. The van der Waals surface area contributed by atoms with Gasteiger partial charge in [-0.2, -0.15) is 0 Å². The van der Waals surface area contributed by atoms with E-state index in [9.17, 15) is 14.0 Å². The average molecular weight is 515 g/mol. The normalized spacial score (nSPS) is 10.7. The smallest absolute Gasteiger partial charge is 0.378 e. The maximum atomic E-state index is 13.4. The molecule has 0 fully saturated rings. The molecule has 0 N–H and O–H groups in total. The van der Waals surface area contributed by atoms with Gasteiger partial charge in [0.2, 0.25) is 0 Å². The van der Waals surface area contributed by atoms with Crippen molar-refractivity contribution in [3.63, 3.8) is 0 Å². The minimum atomic E-state index is -0.855. The van der Waals surface area contributed by atoms with Gasteiger partial charge >= 0.3 is 5.97 Å². The lowest BCUT2D eigenvalue weighted by Crippen LogP contribution is -2.15. The second kappa shape index (κ2) is 9.42. The molecule has 0 amide bonds. The molecule has 0 aliphatic carbocycles. The van der Waals surface area contributed by atoms with Crippen LogP contribution in [0.5, 0.6) is 0 Å². The number of ether oxygens (including phenoxy) is 1. The Labute approximate surface area is 195 Å². The van der Waals surface area contributed by atoms with Crippen LogP contribution in [-0.2, 0) is 4.74 Å². The molecule has 1 heterocycles. The predicted molar refractivity (Wildman–Crippen MR) is 121 cm³/mol. The molecule has 0 spiro atoms. The summed E-state index contributed by atoms with van der Waals surface area (Å²) in [6.07, 6.45) is 0. The number of ketones is 1. The predicted octanol–water partition coefficient (Wildman–Crippen LogP) is 5.53. The Bertz CT molecular complexity index is 1210. The highest BCUT2D eigenvalue weighted by Gasteiger charge is 2.21. The molecule has 32 heavy (non-hydrogen) atoms. The highest BCUT2D eigenvalue weighted by molar-refractivity contribution is 9.10. The summed E-state index contributed by atoms with van der Waals surface area (Å²) in [5, 5.41) is 4.76. The summed E-state index contributed by atoms with van der Waals surface area (Å²) in [5.74, 6) is -1.55. The first-order valence-electron chi connectivity index (χ1n) is 9.35. The van der Waals surface area contributed by atoms with E-state index in [-0.39, 0.29) is 11.6 Å². The summed E-state index contributed by atoms with van der Waals surface area (Å²) in [7, 11) is 0. The molecule has 6 nitrogen and oxygen atoms in total. The number of esters is 1. The highest BCUT2D eigenvalue weighted by Crippen LogP contribution is 2.23. The van der Waals surface area contributed by atoms with Crippen molar-refractivity contribution in [3.05, 3.63) is 99.5 Å². The number of Topliss-reactive ketones (excluding diaryl/α,β-unsaturated/α-hetero) is 1. The lowest BCUT2D eigenvalue weighted by atomic mass is 10.1. The van der Waals surface area contributed by atoms with Gasteiger partial charge in [-0.15, -0.1) is 5.10 Å². The van der Waals surface area contributed by atoms with Crippen LogP contribution in [0.15, 0.2) is 77.3 Å². The molecule has 1 aromatic heterocycles. The van der Waals surface area contributed by atoms with E-state index in [4.69, 9.17) is 16.3 Å². The van der Waals surface area contributed by atoms with Crippen molar-refractivity contribution in [2.75, 3.05) is 6.61 Å². The van der Waals surface area contributed by atoms with E-state index in [1.165, 1.54) is 28.9 Å². The summed E-state index contributed by atoms with van der Waals surface area (Å²) >= 11 is 9.20. The highest BCUT2D eigenvalue weighted by atomic mass is 79.9. The molecule has 160 valence electrons. The monoisotopic (exact) mass is 513 g/mol. The first-order valence-corrected chi connectivity index (χ1v) is 10.5. The molecule has 0 unspecified atom stereocenters. The lowest BCUT2D eigenvalue weighted by Gasteiger charge is -2.06. The van der Waals surface area contributed by atoms with Crippen molar-refractivity contribution in [1.82, 2.24) is 14.8 Å². The van der Waals surface area contributed by atoms with Crippen LogP contribution in [0.2, 0.25) is 5.02 Å². The number of hydrogen-bond donors (Lipinski definition) is 0. The molecule has 0 aliphatic heterocycles. The van der Waals surface area contributed by atoms with Gasteiger partial charge in [-0.1, -0.05) is 27.5 Å². The van der Waals surface area contributed by atoms with Gasteiger partial charge < -0.3 is 4.74 Å². The molecule has 4 aromatic rings. The van der Waals surface area contributed by atoms with E-state index in [2.05, 4.69) is 26.0 Å². The van der Waals surface area contributed by atoms with Crippen LogP contribution in [0.25, 0.3) is 17.1 Å². The Morgan fingerprint density at radius 1 is 0.969 bits per heavy atom. The largest absolute Gasteiger partial charge is 0.451 e. The van der Waals surface area contributed by atoms with Crippen LogP contribution in [-0.4, -0.2) is 33.1 Å². The molecule has 0 radical (unpaired) electrons. The van der Waals surface area contributed by atoms with Gasteiger partial charge in [-0.25, -0.2) is 18.9 Å². The summed E-state index contributed by atoms with van der Waals surface area (Å²) in [6.45, 7) is -0.473.